The number of ether oxygens (including phenoxy) is 1. The van der Waals surface area contributed by atoms with Gasteiger partial charge in [-0.1, -0.05) is 54.1 Å². The van der Waals surface area contributed by atoms with Crippen molar-refractivity contribution in [3.63, 3.8) is 0 Å². The zero-order valence-electron chi connectivity index (χ0n) is 14.9. The van der Waals surface area contributed by atoms with Crippen molar-refractivity contribution in [2.75, 3.05) is 0 Å². The molecule has 1 N–H and O–H groups in total. The zero-order valence-corrected chi connectivity index (χ0v) is 15.6. The highest BCUT2D eigenvalue weighted by Crippen LogP contribution is 2.16. The molecule has 0 fully saturated rings. The third-order valence-corrected chi connectivity index (χ3v) is 4.20. The number of amides is 1. The van der Waals surface area contributed by atoms with Crippen LogP contribution in [0.3, 0.4) is 0 Å². The van der Waals surface area contributed by atoms with Gasteiger partial charge in [-0.15, -0.1) is 0 Å². The molecule has 0 aliphatic rings. The Bertz CT molecular complexity index is 953. The van der Waals surface area contributed by atoms with Gasteiger partial charge in [0, 0.05) is 10.6 Å². The molecule has 3 aromatic rings. The fourth-order valence-electron chi connectivity index (χ4n) is 2.49. The highest BCUT2D eigenvalue weighted by atomic mass is 35.5. The van der Waals surface area contributed by atoms with Gasteiger partial charge in [-0.25, -0.2) is 5.43 Å². The Hall–Kier alpha value is -3.11. The summed E-state index contributed by atoms with van der Waals surface area (Å²) in [6, 6.07) is 22.4. The van der Waals surface area contributed by atoms with Gasteiger partial charge in [-0.2, -0.15) is 5.10 Å². The quantitative estimate of drug-likeness (QED) is 0.485. The second kappa shape index (κ2) is 9.01. The number of aryl methyl sites for hydroxylation is 1. The zero-order chi connectivity index (χ0) is 19.1. The van der Waals surface area contributed by atoms with Gasteiger partial charge in [-0.3, -0.25) is 4.79 Å². The van der Waals surface area contributed by atoms with Crippen LogP contribution in [0.4, 0.5) is 0 Å². The summed E-state index contributed by atoms with van der Waals surface area (Å²) in [7, 11) is 0. The van der Waals surface area contributed by atoms with E-state index in [4.69, 9.17) is 16.3 Å². The molecule has 1 amide bonds. The number of carbonyl (C=O) groups is 1. The molecule has 5 heteroatoms. The van der Waals surface area contributed by atoms with Gasteiger partial charge in [-0.05, 0) is 53.9 Å². The predicted molar refractivity (Wildman–Crippen MR) is 108 cm³/mol. The van der Waals surface area contributed by atoms with Crippen LogP contribution in [0.1, 0.15) is 27.0 Å². The molecule has 0 spiro atoms. The lowest BCUT2D eigenvalue weighted by Gasteiger charge is -2.07. The first-order valence-electron chi connectivity index (χ1n) is 8.48. The Morgan fingerprint density at radius 3 is 2.63 bits per heavy atom. The molecule has 0 saturated carbocycles. The van der Waals surface area contributed by atoms with Crippen LogP contribution in [0.15, 0.2) is 77.9 Å². The molecular weight excluding hydrogens is 360 g/mol. The maximum Gasteiger partial charge on any atom is 0.271 e. The first-order valence-corrected chi connectivity index (χ1v) is 8.86. The van der Waals surface area contributed by atoms with E-state index in [0.29, 0.717) is 17.2 Å². The van der Waals surface area contributed by atoms with E-state index in [1.807, 2.05) is 73.7 Å². The van der Waals surface area contributed by atoms with Crippen LogP contribution in [0, 0.1) is 6.92 Å². The molecule has 0 bridgehead atoms. The monoisotopic (exact) mass is 378 g/mol. The number of benzene rings is 3. The van der Waals surface area contributed by atoms with Crippen LogP contribution in [0.2, 0.25) is 5.02 Å². The van der Waals surface area contributed by atoms with Crippen LogP contribution in [0.5, 0.6) is 5.75 Å². The average Bonchev–Trinajstić information content (AvgIpc) is 2.68. The number of nitrogens with one attached hydrogen (secondary N) is 1. The minimum atomic E-state index is -0.237. The van der Waals surface area contributed by atoms with Gasteiger partial charge in [0.25, 0.3) is 5.91 Å². The SMILES string of the molecule is Cc1ccccc1C(=O)N/N=C/c1cccc(OCc2ccc(Cl)cc2)c1. The second-order valence-corrected chi connectivity index (χ2v) is 6.44. The average molecular weight is 379 g/mol. The van der Waals surface area contributed by atoms with Gasteiger partial charge >= 0.3 is 0 Å². The molecule has 0 saturated heterocycles. The normalized spacial score (nSPS) is 10.7. The van der Waals surface area contributed by atoms with E-state index in [9.17, 15) is 4.79 Å². The molecule has 3 rings (SSSR count). The van der Waals surface area contributed by atoms with Gasteiger partial charge in [0.05, 0.1) is 6.21 Å². The molecule has 0 aliphatic heterocycles. The topological polar surface area (TPSA) is 50.7 Å². The third-order valence-electron chi connectivity index (χ3n) is 3.95. The van der Waals surface area contributed by atoms with Crippen molar-refractivity contribution in [1.82, 2.24) is 5.43 Å². The predicted octanol–water partition coefficient (Wildman–Crippen LogP) is 4.99. The fraction of sp³-hybridized carbons (Fsp3) is 0.0909. The smallest absolute Gasteiger partial charge is 0.271 e. The molecule has 4 nitrogen and oxygen atoms in total. The summed E-state index contributed by atoms with van der Waals surface area (Å²) in [4.78, 5) is 12.1. The van der Waals surface area contributed by atoms with Crippen molar-refractivity contribution < 1.29 is 9.53 Å². The lowest BCUT2D eigenvalue weighted by molar-refractivity contribution is 0.0954. The van der Waals surface area contributed by atoms with Crippen LogP contribution in [-0.4, -0.2) is 12.1 Å². The van der Waals surface area contributed by atoms with E-state index >= 15 is 0 Å². The molecule has 0 radical (unpaired) electrons. The number of nitrogens with zero attached hydrogens (tertiary/aromatic N) is 1. The highest BCUT2D eigenvalue weighted by molar-refractivity contribution is 6.30. The number of hydrogen-bond acceptors (Lipinski definition) is 3. The van der Waals surface area contributed by atoms with Gasteiger partial charge in [0.15, 0.2) is 0 Å². The lowest BCUT2D eigenvalue weighted by atomic mass is 10.1. The minimum Gasteiger partial charge on any atom is -0.489 e. The number of hydrazone groups is 1. The Morgan fingerprint density at radius 1 is 1.07 bits per heavy atom. The molecule has 0 atom stereocenters. The van der Waals surface area contributed by atoms with Crippen molar-refractivity contribution in [1.29, 1.82) is 0 Å². The van der Waals surface area contributed by atoms with Gasteiger partial charge in [0.2, 0.25) is 0 Å². The van der Waals surface area contributed by atoms with Crippen LogP contribution in [-0.2, 0) is 6.61 Å². The van der Waals surface area contributed by atoms with Gasteiger partial charge in [0.1, 0.15) is 12.4 Å². The number of halogens is 1. The molecule has 27 heavy (non-hydrogen) atoms. The summed E-state index contributed by atoms with van der Waals surface area (Å²) in [6.45, 7) is 2.34. The van der Waals surface area contributed by atoms with Crippen molar-refractivity contribution in [2.24, 2.45) is 5.10 Å². The number of rotatable bonds is 6. The standard InChI is InChI=1S/C22H19ClN2O2/c1-16-5-2-3-8-21(16)22(26)25-24-14-18-6-4-7-20(13-18)27-15-17-9-11-19(23)12-10-17/h2-14H,15H2,1H3,(H,25,26)/b24-14+. The van der Waals surface area contributed by atoms with Crippen molar-refractivity contribution in [2.45, 2.75) is 13.5 Å². The summed E-state index contributed by atoms with van der Waals surface area (Å²) in [5, 5.41) is 4.73. The molecule has 0 heterocycles. The third kappa shape index (κ3) is 5.43. The summed E-state index contributed by atoms with van der Waals surface area (Å²) in [6.07, 6.45) is 1.59. The van der Waals surface area contributed by atoms with Crippen molar-refractivity contribution in [3.8, 4) is 5.75 Å². The lowest BCUT2D eigenvalue weighted by Crippen LogP contribution is -2.18. The van der Waals surface area contributed by atoms with Crippen LogP contribution < -0.4 is 10.2 Å². The van der Waals surface area contributed by atoms with E-state index in [-0.39, 0.29) is 5.91 Å². The maximum atomic E-state index is 12.1. The largest absolute Gasteiger partial charge is 0.489 e. The Morgan fingerprint density at radius 2 is 1.85 bits per heavy atom. The molecule has 0 aromatic heterocycles. The van der Waals surface area contributed by atoms with Crippen molar-refractivity contribution in [3.05, 3.63) is 100 Å². The molecule has 136 valence electrons. The van der Waals surface area contributed by atoms with Gasteiger partial charge < -0.3 is 4.74 Å². The first-order chi connectivity index (χ1) is 13.1. The van der Waals surface area contributed by atoms with E-state index < -0.39 is 0 Å². The van der Waals surface area contributed by atoms with Crippen LogP contribution >= 0.6 is 11.6 Å². The maximum absolute atomic E-state index is 12.1. The summed E-state index contributed by atoms with van der Waals surface area (Å²) >= 11 is 5.88. The Labute approximate surface area is 163 Å². The fourth-order valence-corrected chi connectivity index (χ4v) is 2.61. The van der Waals surface area contributed by atoms with E-state index in [1.165, 1.54) is 0 Å². The van der Waals surface area contributed by atoms with Crippen LogP contribution in [0.25, 0.3) is 0 Å². The molecule has 0 aliphatic carbocycles. The summed E-state index contributed by atoms with van der Waals surface area (Å²) in [5.41, 5.74) is 5.92. The summed E-state index contributed by atoms with van der Waals surface area (Å²) in [5.74, 6) is 0.485. The minimum absolute atomic E-state index is 0.237. The Kier molecular flexibility index (Phi) is 6.23. The second-order valence-electron chi connectivity index (χ2n) is 6.00. The molecular formula is C22H19ClN2O2. The van der Waals surface area contributed by atoms with E-state index in [1.54, 1.807) is 12.3 Å². The Balaban J connectivity index is 1.58. The first kappa shape index (κ1) is 18.7. The van der Waals surface area contributed by atoms with E-state index in [2.05, 4.69) is 10.5 Å². The van der Waals surface area contributed by atoms with E-state index in [0.717, 1.165) is 22.4 Å². The number of hydrogen-bond donors (Lipinski definition) is 1. The molecule has 0 unspecified atom stereocenters. The molecule has 3 aromatic carbocycles. The highest BCUT2D eigenvalue weighted by Gasteiger charge is 2.06. The summed E-state index contributed by atoms with van der Waals surface area (Å²) < 4.78 is 5.79. The van der Waals surface area contributed by atoms with Crippen molar-refractivity contribution >= 4 is 23.7 Å². The number of carbonyl (C=O) groups excluding carboxylic acids is 1.